The highest BCUT2D eigenvalue weighted by atomic mass is 79.9. The molecule has 0 bridgehead atoms. The Labute approximate surface area is 190 Å². The minimum Gasteiger partial charge on any atom is -0.420 e. The summed E-state index contributed by atoms with van der Waals surface area (Å²) in [6.07, 6.45) is 2.36. The molecule has 5 rings (SSSR count). The molecule has 4 heterocycles. The van der Waals surface area contributed by atoms with Crippen molar-refractivity contribution in [3.8, 4) is 22.2 Å². The Bertz CT molecular complexity index is 1100. The van der Waals surface area contributed by atoms with Crippen molar-refractivity contribution in [1.82, 2.24) is 25.0 Å². The Morgan fingerprint density at radius 1 is 1.13 bits per heavy atom. The highest BCUT2D eigenvalue weighted by Gasteiger charge is 2.22. The molecule has 1 fully saturated rings. The van der Waals surface area contributed by atoms with Gasteiger partial charge in [0.2, 0.25) is 11.8 Å². The quantitative estimate of drug-likeness (QED) is 0.317. The van der Waals surface area contributed by atoms with Crippen LogP contribution in [0.5, 0.6) is 0 Å². The SMILES string of the molecule is Brc1ccc(-c2nnc(CSc3nnc(-c4cccs4)n3C[C@H]3CCCO3)o2)cc1. The number of rotatable bonds is 7. The van der Waals surface area contributed by atoms with Gasteiger partial charge in [-0.15, -0.1) is 31.7 Å². The minimum absolute atomic E-state index is 0.200. The molecular formula is C20H18BrN5O2S2. The Morgan fingerprint density at radius 3 is 2.80 bits per heavy atom. The molecule has 1 aliphatic rings. The van der Waals surface area contributed by atoms with Crippen LogP contribution in [-0.2, 0) is 17.0 Å². The van der Waals surface area contributed by atoms with Gasteiger partial charge in [-0.25, -0.2) is 0 Å². The number of thiophene rings is 1. The summed E-state index contributed by atoms with van der Waals surface area (Å²) in [6, 6.07) is 11.9. The number of hydrogen-bond acceptors (Lipinski definition) is 8. The molecule has 1 saturated heterocycles. The van der Waals surface area contributed by atoms with E-state index >= 15 is 0 Å². The molecule has 10 heteroatoms. The van der Waals surface area contributed by atoms with E-state index in [2.05, 4.69) is 52.3 Å². The first kappa shape index (κ1) is 19.9. The third kappa shape index (κ3) is 4.36. The number of ether oxygens (including phenoxy) is 1. The average molecular weight is 504 g/mol. The number of aromatic nitrogens is 5. The van der Waals surface area contributed by atoms with E-state index in [0.29, 0.717) is 17.5 Å². The molecule has 1 aliphatic heterocycles. The summed E-state index contributed by atoms with van der Waals surface area (Å²) in [5.41, 5.74) is 0.892. The summed E-state index contributed by atoms with van der Waals surface area (Å²) in [5, 5.41) is 20.1. The zero-order valence-corrected chi connectivity index (χ0v) is 19.1. The van der Waals surface area contributed by atoms with Crippen LogP contribution in [0.2, 0.25) is 0 Å². The number of halogens is 1. The maximum absolute atomic E-state index is 5.85. The molecule has 0 spiro atoms. The maximum Gasteiger partial charge on any atom is 0.247 e. The van der Waals surface area contributed by atoms with E-state index in [1.54, 1.807) is 23.1 Å². The van der Waals surface area contributed by atoms with Crippen molar-refractivity contribution < 1.29 is 9.15 Å². The van der Waals surface area contributed by atoms with Crippen LogP contribution < -0.4 is 0 Å². The fourth-order valence-electron chi connectivity index (χ4n) is 3.29. The summed E-state index contributed by atoms with van der Waals surface area (Å²) in [4.78, 5) is 1.10. The molecular weight excluding hydrogens is 486 g/mol. The van der Waals surface area contributed by atoms with Crippen LogP contribution in [0.15, 0.2) is 55.8 Å². The van der Waals surface area contributed by atoms with E-state index in [9.17, 15) is 0 Å². The summed E-state index contributed by atoms with van der Waals surface area (Å²) >= 11 is 6.64. The van der Waals surface area contributed by atoms with Gasteiger partial charge in [-0.05, 0) is 48.6 Å². The van der Waals surface area contributed by atoms with Crippen LogP contribution in [0.1, 0.15) is 18.7 Å². The van der Waals surface area contributed by atoms with E-state index in [1.807, 2.05) is 30.3 Å². The maximum atomic E-state index is 5.85. The zero-order valence-electron chi connectivity index (χ0n) is 15.9. The monoisotopic (exact) mass is 503 g/mol. The lowest BCUT2D eigenvalue weighted by atomic mass is 10.2. The van der Waals surface area contributed by atoms with Crippen molar-refractivity contribution >= 4 is 39.0 Å². The first-order valence-electron chi connectivity index (χ1n) is 9.56. The molecule has 1 atom stereocenters. The molecule has 0 unspecified atom stereocenters. The van der Waals surface area contributed by atoms with Gasteiger partial charge < -0.3 is 9.15 Å². The van der Waals surface area contributed by atoms with Crippen molar-refractivity contribution in [2.75, 3.05) is 6.61 Å². The van der Waals surface area contributed by atoms with E-state index in [4.69, 9.17) is 9.15 Å². The normalized spacial score (nSPS) is 16.4. The standard InChI is InChI=1S/C20H18BrN5O2S2/c21-14-7-5-13(6-8-14)19-24-22-17(28-19)12-30-20-25-23-18(16-4-2-10-29-16)26(20)11-15-3-1-9-27-15/h2,4-8,10,15H,1,3,9,11-12H2/t15-/m1/s1. The summed E-state index contributed by atoms with van der Waals surface area (Å²) in [6.45, 7) is 1.57. The van der Waals surface area contributed by atoms with Gasteiger partial charge in [0.05, 0.1) is 23.3 Å². The topological polar surface area (TPSA) is 78.9 Å². The predicted octanol–water partition coefficient (Wildman–Crippen LogP) is 5.29. The van der Waals surface area contributed by atoms with Crippen molar-refractivity contribution in [1.29, 1.82) is 0 Å². The molecule has 0 N–H and O–H groups in total. The molecule has 0 saturated carbocycles. The van der Waals surface area contributed by atoms with Gasteiger partial charge in [0.25, 0.3) is 0 Å². The zero-order chi connectivity index (χ0) is 20.3. The number of hydrogen-bond donors (Lipinski definition) is 0. The van der Waals surface area contributed by atoms with Crippen LogP contribution in [0.3, 0.4) is 0 Å². The molecule has 4 aromatic rings. The summed E-state index contributed by atoms with van der Waals surface area (Å²) in [5.74, 6) is 2.47. The van der Waals surface area contributed by atoms with Crippen molar-refractivity contribution in [2.24, 2.45) is 0 Å². The molecule has 3 aromatic heterocycles. The van der Waals surface area contributed by atoms with E-state index in [0.717, 1.165) is 51.9 Å². The highest BCUT2D eigenvalue weighted by molar-refractivity contribution is 9.10. The van der Waals surface area contributed by atoms with Crippen molar-refractivity contribution in [2.45, 2.75) is 36.4 Å². The third-order valence-electron chi connectivity index (χ3n) is 4.75. The highest BCUT2D eigenvalue weighted by Crippen LogP contribution is 2.31. The van der Waals surface area contributed by atoms with Crippen LogP contribution in [0, 0.1) is 0 Å². The molecule has 30 heavy (non-hydrogen) atoms. The lowest BCUT2D eigenvalue weighted by Crippen LogP contribution is -2.16. The summed E-state index contributed by atoms with van der Waals surface area (Å²) in [7, 11) is 0. The molecule has 0 amide bonds. The van der Waals surface area contributed by atoms with Crippen molar-refractivity contribution in [3.05, 3.63) is 52.1 Å². The molecule has 7 nitrogen and oxygen atoms in total. The second kappa shape index (κ2) is 9.01. The Morgan fingerprint density at radius 2 is 2.03 bits per heavy atom. The first-order valence-corrected chi connectivity index (χ1v) is 12.2. The summed E-state index contributed by atoms with van der Waals surface area (Å²) < 4.78 is 14.9. The van der Waals surface area contributed by atoms with E-state index < -0.39 is 0 Å². The second-order valence-corrected chi connectivity index (χ2v) is 9.63. The Kier molecular flexibility index (Phi) is 5.98. The largest absolute Gasteiger partial charge is 0.420 e. The molecule has 154 valence electrons. The smallest absolute Gasteiger partial charge is 0.247 e. The van der Waals surface area contributed by atoms with Gasteiger partial charge in [-0.1, -0.05) is 33.8 Å². The second-order valence-electron chi connectivity index (χ2n) is 6.83. The lowest BCUT2D eigenvalue weighted by Gasteiger charge is -2.13. The van der Waals surface area contributed by atoms with Crippen LogP contribution in [0.4, 0.5) is 0 Å². The van der Waals surface area contributed by atoms with Crippen LogP contribution >= 0.6 is 39.0 Å². The predicted molar refractivity (Wildman–Crippen MR) is 119 cm³/mol. The van der Waals surface area contributed by atoms with Gasteiger partial charge in [-0.3, -0.25) is 4.57 Å². The third-order valence-corrected chi connectivity index (χ3v) is 7.10. The van der Waals surface area contributed by atoms with E-state index in [-0.39, 0.29) is 6.10 Å². The fraction of sp³-hybridized carbons (Fsp3) is 0.300. The van der Waals surface area contributed by atoms with Crippen LogP contribution in [-0.4, -0.2) is 37.7 Å². The molecule has 0 aliphatic carbocycles. The molecule has 1 aromatic carbocycles. The fourth-order valence-corrected chi connectivity index (χ4v) is 5.05. The molecule has 0 radical (unpaired) electrons. The van der Waals surface area contributed by atoms with Gasteiger partial charge >= 0.3 is 0 Å². The van der Waals surface area contributed by atoms with Gasteiger partial charge in [0.1, 0.15) is 0 Å². The number of thioether (sulfide) groups is 1. The van der Waals surface area contributed by atoms with Gasteiger partial charge in [-0.2, -0.15) is 0 Å². The number of nitrogens with zero attached hydrogens (tertiary/aromatic N) is 5. The van der Waals surface area contributed by atoms with Crippen LogP contribution in [0.25, 0.3) is 22.2 Å². The Balaban J connectivity index is 1.34. The minimum atomic E-state index is 0.200. The van der Waals surface area contributed by atoms with Gasteiger partial charge in [0, 0.05) is 16.6 Å². The Hall–Kier alpha value is -2.01. The average Bonchev–Trinajstić information content (AvgIpc) is 3.55. The van der Waals surface area contributed by atoms with Crippen molar-refractivity contribution in [3.63, 3.8) is 0 Å². The van der Waals surface area contributed by atoms with E-state index in [1.165, 1.54) is 0 Å². The van der Waals surface area contributed by atoms with Gasteiger partial charge in [0.15, 0.2) is 11.0 Å². The lowest BCUT2D eigenvalue weighted by molar-refractivity contribution is 0.0953. The first-order chi connectivity index (χ1) is 14.8. The number of benzene rings is 1.